The van der Waals surface area contributed by atoms with Crippen LogP contribution in [0.15, 0.2) is 89.3 Å². The van der Waals surface area contributed by atoms with E-state index in [1.54, 1.807) is 40.2 Å². The van der Waals surface area contributed by atoms with Crippen LogP contribution < -0.4 is 14.8 Å². The number of hydrogen-bond donors (Lipinski definition) is 1. The Morgan fingerprint density at radius 2 is 1.67 bits per heavy atom. The third-order valence-corrected chi connectivity index (χ3v) is 7.90. The van der Waals surface area contributed by atoms with Gasteiger partial charge in [-0.25, -0.2) is 4.79 Å². The first-order chi connectivity index (χ1) is 20.2. The number of aryl methyl sites for hydroxylation is 1. The monoisotopic (exact) mass is 568 g/mol. The lowest BCUT2D eigenvalue weighted by Gasteiger charge is -2.36. The lowest BCUT2D eigenvalue weighted by molar-refractivity contribution is -0.385. The molecule has 2 aliphatic rings. The van der Waals surface area contributed by atoms with Crippen molar-refractivity contribution in [3.8, 4) is 11.5 Å². The topological polar surface area (TPSA) is 117 Å². The van der Waals surface area contributed by atoms with Crippen molar-refractivity contribution in [2.24, 2.45) is 0 Å². The number of nitrogens with zero attached hydrogens (tertiary/aromatic N) is 1. The Hall–Kier alpha value is -4.92. The highest BCUT2D eigenvalue weighted by molar-refractivity contribution is 6.04. The molecule has 1 aliphatic heterocycles. The summed E-state index contributed by atoms with van der Waals surface area (Å²) in [4.78, 5) is 39.0. The third kappa shape index (κ3) is 5.50. The molecule has 1 heterocycles. The van der Waals surface area contributed by atoms with Gasteiger partial charge < -0.3 is 19.5 Å². The number of nitro benzene ring substituents is 1. The summed E-state index contributed by atoms with van der Waals surface area (Å²) >= 11 is 0. The minimum Gasteiger partial charge on any atom is -0.493 e. The molecule has 0 fully saturated rings. The molecule has 9 nitrogen and oxygen atoms in total. The highest BCUT2D eigenvalue weighted by Gasteiger charge is 2.42. The van der Waals surface area contributed by atoms with E-state index in [0.29, 0.717) is 46.0 Å². The Morgan fingerprint density at radius 3 is 2.36 bits per heavy atom. The van der Waals surface area contributed by atoms with Crippen LogP contribution in [-0.4, -0.2) is 30.9 Å². The van der Waals surface area contributed by atoms with Gasteiger partial charge in [0.1, 0.15) is 6.61 Å². The molecule has 9 heteroatoms. The van der Waals surface area contributed by atoms with Crippen molar-refractivity contribution in [2.75, 3.05) is 14.2 Å². The second kappa shape index (κ2) is 11.9. The zero-order chi connectivity index (χ0) is 30.0. The van der Waals surface area contributed by atoms with Gasteiger partial charge in [-0.05, 0) is 55.0 Å². The molecule has 0 radical (unpaired) electrons. The summed E-state index contributed by atoms with van der Waals surface area (Å²) in [5.41, 5.74) is 4.58. The van der Waals surface area contributed by atoms with Gasteiger partial charge in [0.15, 0.2) is 17.3 Å². The van der Waals surface area contributed by atoms with Crippen LogP contribution in [0.4, 0.5) is 5.69 Å². The van der Waals surface area contributed by atoms with E-state index in [-0.39, 0.29) is 36.0 Å². The highest BCUT2D eigenvalue weighted by atomic mass is 16.6. The smallest absolute Gasteiger partial charge is 0.337 e. The SMILES string of the molecule is COc1ccc(C2CC(=O)C3=C(C2)NC(C)=C(C(=O)OCc2ccccc2)C3c2ccc(C)c([N+](=O)[O-])c2)cc1OC. The molecule has 0 amide bonds. The first-order valence-corrected chi connectivity index (χ1v) is 13.6. The number of methoxy groups -OCH3 is 2. The van der Waals surface area contributed by atoms with Gasteiger partial charge in [0.2, 0.25) is 0 Å². The Bertz CT molecular complexity index is 1620. The lowest BCUT2D eigenvalue weighted by atomic mass is 9.71. The molecular formula is C33H32N2O7. The molecule has 0 saturated heterocycles. The summed E-state index contributed by atoms with van der Waals surface area (Å²) in [6, 6.07) is 19.8. The first-order valence-electron chi connectivity index (χ1n) is 13.6. The van der Waals surface area contributed by atoms with E-state index in [4.69, 9.17) is 14.2 Å². The van der Waals surface area contributed by atoms with Crippen LogP contribution in [0.5, 0.6) is 11.5 Å². The van der Waals surface area contributed by atoms with E-state index in [2.05, 4.69) is 5.32 Å². The summed E-state index contributed by atoms with van der Waals surface area (Å²) in [7, 11) is 3.13. The molecule has 0 bridgehead atoms. The minimum atomic E-state index is -0.817. The van der Waals surface area contributed by atoms with Gasteiger partial charge >= 0.3 is 5.97 Å². The summed E-state index contributed by atoms with van der Waals surface area (Å²) in [5.74, 6) is -0.518. The Morgan fingerprint density at radius 1 is 0.952 bits per heavy atom. The number of Topliss-reactive ketones (excluding diaryl/α,β-unsaturated/α-hetero) is 1. The standard InChI is InChI=1S/C33H32N2O7/c1-19-10-11-23(15-26(19)35(38)39)31-30(33(37)42-18-21-8-6-5-7-9-21)20(2)34-25-14-24(16-27(36)32(25)31)22-12-13-28(40-3)29(17-22)41-4/h5-13,15,17,24,31,34H,14,16,18H2,1-4H3. The van der Waals surface area contributed by atoms with E-state index in [1.807, 2.05) is 48.5 Å². The average Bonchev–Trinajstić information content (AvgIpc) is 2.99. The molecule has 1 aliphatic carbocycles. The van der Waals surface area contributed by atoms with Crippen molar-refractivity contribution in [1.29, 1.82) is 0 Å². The first kappa shape index (κ1) is 28.6. The predicted molar refractivity (Wildman–Crippen MR) is 156 cm³/mol. The van der Waals surface area contributed by atoms with E-state index < -0.39 is 16.8 Å². The number of rotatable bonds is 8. The third-order valence-electron chi connectivity index (χ3n) is 7.90. The molecule has 1 N–H and O–H groups in total. The van der Waals surface area contributed by atoms with Crippen LogP contribution in [0.3, 0.4) is 0 Å². The van der Waals surface area contributed by atoms with Crippen molar-refractivity contribution in [1.82, 2.24) is 5.32 Å². The molecule has 2 atom stereocenters. The van der Waals surface area contributed by atoms with Crippen molar-refractivity contribution in [2.45, 2.75) is 45.1 Å². The fourth-order valence-corrected chi connectivity index (χ4v) is 5.79. The number of carbonyl (C=O) groups excluding carboxylic acids is 2. The van der Waals surface area contributed by atoms with Crippen LogP contribution in [0.25, 0.3) is 0 Å². The molecule has 0 aromatic heterocycles. The van der Waals surface area contributed by atoms with Crippen LogP contribution in [0.1, 0.15) is 53.9 Å². The number of nitro groups is 1. The molecule has 42 heavy (non-hydrogen) atoms. The van der Waals surface area contributed by atoms with Crippen LogP contribution in [0.2, 0.25) is 0 Å². The summed E-state index contributed by atoms with van der Waals surface area (Å²) in [6.07, 6.45) is 0.705. The van der Waals surface area contributed by atoms with Crippen molar-refractivity contribution in [3.05, 3.63) is 122 Å². The number of esters is 1. The largest absolute Gasteiger partial charge is 0.493 e. The molecular weight excluding hydrogens is 536 g/mol. The van der Waals surface area contributed by atoms with E-state index >= 15 is 0 Å². The molecule has 216 valence electrons. The van der Waals surface area contributed by atoms with Crippen molar-refractivity contribution in [3.63, 3.8) is 0 Å². The molecule has 3 aromatic carbocycles. The van der Waals surface area contributed by atoms with Crippen molar-refractivity contribution < 1.29 is 28.7 Å². The van der Waals surface area contributed by atoms with Gasteiger partial charge in [0.25, 0.3) is 5.69 Å². The summed E-state index contributed by atoms with van der Waals surface area (Å²) in [5, 5.41) is 15.2. The maximum atomic E-state index is 14.0. The molecule has 5 rings (SSSR count). The second-order valence-corrected chi connectivity index (χ2v) is 10.5. The molecule has 3 aromatic rings. The number of ketones is 1. The number of dihydropyridines is 1. The number of allylic oxidation sites excluding steroid dienone is 3. The highest BCUT2D eigenvalue weighted by Crippen LogP contribution is 2.47. The maximum absolute atomic E-state index is 14.0. The number of carbonyl (C=O) groups is 2. The fraction of sp³-hybridized carbons (Fsp3) is 0.273. The molecule has 0 spiro atoms. The van der Waals surface area contributed by atoms with E-state index in [0.717, 1.165) is 11.1 Å². The molecule has 2 unspecified atom stereocenters. The van der Waals surface area contributed by atoms with Gasteiger partial charge in [-0.15, -0.1) is 0 Å². The Labute approximate surface area is 243 Å². The molecule has 0 saturated carbocycles. The average molecular weight is 569 g/mol. The number of hydrogen-bond acceptors (Lipinski definition) is 8. The van der Waals surface area contributed by atoms with Gasteiger partial charge in [-0.1, -0.05) is 48.5 Å². The minimum absolute atomic E-state index is 0.0540. The Kier molecular flexibility index (Phi) is 8.10. The van der Waals surface area contributed by atoms with Gasteiger partial charge in [-0.2, -0.15) is 0 Å². The zero-order valence-corrected chi connectivity index (χ0v) is 23.9. The van der Waals surface area contributed by atoms with E-state index in [9.17, 15) is 19.7 Å². The summed E-state index contributed by atoms with van der Waals surface area (Å²) in [6.45, 7) is 3.48. The zero-order valence-electron chi connectivity index (χ0n) is 23.9. The lowest BCUT2D eigenvalue weighted by Crippen LogP contribution is -2.36. The Balaban J connectivity index is 1.56. The maximum Gasteiger partial charge on any atom is 0.337 e. The van der Waals surface area contributed by atoms with Crippen LogP contribution in [0, 0.1) is 17.0 Å². The number of benzene rings is 3. The number of ether oxygens (including phenoxy) is 3. The van der Waals surface area contributed by atoms with E-state index in [1.165, 1.54) is 6.07 Å². The van der Waals surface area contributed by atoms with Gasteiger partial charge in [-0.3, -0.25) is 14.9 Å². The van der Waals surface area contributed by atoms with Gasteiger partial charge in [0.05, 0.1) is 24.7 Å². The van der Waals surface area contributed by atoms with Gasteiger partial charge in [0, 0.05) is 40.9 Å². The normalized spacial score (nSPS) is 18.2. The quantitative estimate of drug-likeness (QED) is 0.199. The number of nitrogens with one attached hydrogen (secondary N) is 1. The van der Waals surface area contributed by atoms with Crippen LogP contribution >= 0.6 is 0 Å². The predicted octanol–water partition coefficient (Wildman–Crippen LogP) is 6.03. The van der Waals surface area contributed by atoms with Crippen LogP contribution in [-0.2, 0) is 20.9 Å². The summed E-state index contributed by atoms with van der Waals surface area (Å²) < 4.78 is 16.6. The fourth-order valence-electron chi connectivity index (χ4n) is 5.79. The second-order valence-electron chi connectivity index (χ2n) is 10.5. The van der Waals surface area contributed by atoms with Crippen molar-refractivity contribution >= 4 is 17.4 Å².